The summed E-state index contributed by atoms with van der Waals surface area (Å²) in [7, 11) is 0. The van der Waals surface area contributed by atoms with E-state index in [-0.39, 0.29) is 17.6 Å². The smallest absolute Gasteiger partial charge is 0.335 e. The van der Waals surface area contributed by atoms with Crippen LogP contribution in [-0.4, -0.2) is 27.8 Å². The van der Waals surface area contributed by atoms with Crippen LogP contribution in [0.25, 0.3) is 11.3 Å². The summed E-state index contributed by atoms with van der Waals surface area (Å²) in [6.07, 6.45) is 1.74. The molecule has 2 N–H and O–H groups in total. The molecule has 0 aliphatic carbocycles. The summed E-state index contributed by atoms with van der Waals surface area (Å²) < 4.78 is 11.9. The number of carboxylic acids is 1. The minimum absolute atomic E-state index is 0.124. The van der Waals surface area contributed by atoms with E-state index < -0.39 is 5.97 Å². The molecule has 1 saturated heterocycles. The van der Waals surface area contributed by atoms with E-state index >= 15 is 0 Å². The van der Waals surface area contributed by atoms with Crippen LogP contribution in [0.4, 0.5) is 5.69 Å². The maximum absolute atomic E-state index is 11.5. The first-order valence-electron chi connectivity index (χ1n) is 11.3. The van der Waals surface area contributed by atoms with Crippen molar-refractivity contribution in [1.29, 1.82) is 0 Å². The van der Waals surface area contributed by atoms with Crippen LogP contribution in [0, 0.1) is 0 Å². The standard InChI is InChI=1S/C27H22ClN3O4S/c1-2-34-18-9-7-17(8-10-18)31-25(24(30-27(31)36)21-5-3-4-14-29-21)23-13-12-22(35-23)19-15-16(26(32)33)6-11-20(19)28/h3-15,24-25H,2H2,1H3,(H,30,36)(H,32,33). The topological polar surface area (TPSA) is 87.8 Å². The van der Waals surface area contributed by atoms with Crippen molar-refractivity contribution in [2.45, 2.75) is 19.0 Å². The highest BCUT2D eigenvalue weighted by molar-refractivity contribution is 7.80. The Labute approximate surface area is 218 Å². The molecule has 1 aliphatic heterocycles. The molecule has 7 nitrogen and oxygen atoms in total. The largest absolute Gasteiger partial charge is 0.494 e. The molecular weight excluding hydrogens is 498 g/mol. The van der Waals surface area contributed by atoms with Crippen molar-refractivity contribution in [2.75, 3.05) is 11.5 Å². The van der Waals surface area contributed by atoms with E-state index in [9.17, 15) is 9.90 Å². The summed E-state index contributed by atoms with van der Waals surface area (Å²) in [6, 6.07) is 20.9. The second-order valence-corrected chi connectivity index (χ2v) is 8.92. The molecule has 0 amide bonds. The SMILES string of the molecule is CCOc1ccc(N2C(=S)NC(c3ccccn3)C2c2ccc(-c3cc(C(=O)O)ccc3Cl)o2)cc1. The fourth-order valence-corrected chi connectivity index (χ4v) is 4.85. The van der Waals surface area contributed by atoms with Crippen molar-refractivity contribution in [3.05, 3.63) is 101 Å². The van der Waals surface area contributed by atoms with Crippen molar-refractivity contribution in [3.8, 4) is 17.1 Å². The van der Waals surface area contributed by atoms with Crippen molar-refractivity contribution in [1.82, 2.24) is 10.3 Å². The van der Waals surface area contributed by atoms with Gasteiger partial charge in [-0.25, -0.2) is 4.79 Å². The number of halogens is 1. The molecule has 0 spiro atoms. The third kappa shape index (κ3) is 4.53. The first kappa shape index (κ1) is 23.8. The Bertz CT molecular complexity index is 1410. The van der Waals surface area contributed by atoms with Crippen LogP contribution < -0.4 is 15.0 Å². The molecule has 3 heterocycles. The van der Waals surface area contributed by atoms with Gasteiger partial charge in [-0.3, -0.25) is 4.98 Å². The van der Waals surface area contributed by atoms with Gasteiger partial charge < -0.3 is 24.5 Å². The van der Waals surface area contributed by atoms with E-state index in [1.807, 2.05) is 60.4 Å². The molecule has 2 aromatic heterocycles. The van der Waals surface area contributed by atoms with Gasteiger partial charge in [0.15, 0.2) is 5.11 Å². The maximum Gasteiger partial charge on any atom is 0.335 e. The van der Waals surface area contributed by atoms with E-state index in [2.05, 4.69) is 10.3 Å². The lowest BCUT2D eigenvalue weighted by molar-refractivity contribution is 0.0697. The third-order valence-electron chi connectivity index (χ3n) is 5.92. The van der Waals surface area contributed by atoms with Gasteiger partial charge in [0, 0.05) is 17.4 Å². The highest BCUT2D eigenvalue weighted by Gasteiger charge is 2.42. The highest BCUT2D eigenvalue weighted by Crippen LogP contribution is 2.43. The van der Waals surface area contributed by atoms with Gasteiger partial charge in [0.25, 0.3) is 0 Å². The van der Waals surface area contributed by atoms with Crippen molar-refractivity contribution in [2.24, 2.45) is 0 Å². The van der Waals surface area contributed by atoms with Crippen molar-refractivity contribution < 1.29 is 19.1 Å². The summed E-state index contributed by atoms with van der Waals surface area (Å²) in [6.45, 7) is 2.52. The predicted molar refractivity (Wildman–Crippen MR) is 142 cm³/mol. The van der Waals surface area contributed by atoms with Crippen LogP contribution >= 0.6 is 23.8 Å². The summed E-state index contributed by atoms with van der Waals surface area (Å²) in [5.74, 6) is 0.813. The molecule has 2 atom stereocenters. The van der Waals surface area contributed by atoms with Crippen LogP contribution in [0.5, 0.6) is 5.75 Å². The van der Waals surface area contributed by atoms with Crippen molar-refractivity contribution >= 4 is 40.6 Å². The Morgan fingerprint density at radius 2 is 1.97 bits per heavy atom. The molecule has 9 heteroatoms. The molecule has 0 saturated carbocycles. The maximum atomic E-state index is 11.5. The molecule has 0 bridgehead atoms. The summed E-state index contributed by atoms with van der Waals surface area (Å²) >= 11 is 12.2. The summed E-state index contributed by atoms with van der Waals surface area (Å²) in [5, 5.41) is 13.7. The quantitative estimate of drug-likeness (QED) is 0.276. The Balaban J connectivity index is 1.58. The molecule has 2 unspecified atom stereocenters. The van der Waals surface area contributed by atoms with Gasteiger partial charge in [-0.2, -0.15) is 0 Å². The van der Waals surface area contributed by atoms with E-state index in [0.717, 1.165) is 17.1 Å². The lowest BCUT2D eigenvalue weighted by atomic mass is 10.0. The number of carbonyl (C=O) groups is 1. The molecule has 2 aromatic carbocycles. The third-order valence-corrected chi connectivity index (χ3v) is 6.57. The number of aromatic carboxylic acids is 1. The minimum Gasteiger partial charge on any atom is -0.494 e. The van der Waals surface area contributed by atoms with E-state index in [1.54, 1.807) is 18.3 Å². The average molecular weight is 520 g/mol. The molecule has 36 heavy (non-hydrogen) atoms. The molecule has 1 fully saturated rings. The van der Waals surface area contributed by atoms with Crippen molar-refractivity contribution in [3.63, 3.8) is 0 Å². The van der Waals surface area contributed by atoms with Gasteiger partial charge in [0.2, 0.25) is 0 Å². The second-order valence-electron chi connectivity index (χ2n) is 8.13. The van der Waals surface area contributed by atoms with Crippen LogP contribution in [0.2, 0.25) is 5.02 Å². The molecule has 5 rings (SSSR count). The van der Waals surface area contributed by atoms with E-state index in [1.165, 1.54) is 12.1 Å². The number of thiocarbonyl (C=S) groups is 1. The number of hydrogen-bond acceptors (Lipinski definition) is 5. The first-order chi connectivity index (χ1) is 17.5. The Morgan fingerprint density at radius 1 is 1.17 bits per heavy atom. The zero-order valence-corrected chi connectivity index (χ0v) is 20.8. The van der Waals surface area contributed by atoms with Gasteiger partial charge in [0.1, 0.15) is 23.3 Å². The van der Waals surface area contributed by atoms with Gasteiger partial charge in [-0.1, -0.05) is 17.7 Å². The molecular formula is C27H22ClN3O4S. The van der Waals surface area contributed by atoms with Crippen LogP contribution in [-0.2, 0) is 0 Å². The fraction of sp³-hybridized carbons (Fsp3) is 0.148. The minimum atomic E-state index is -1.04. The predicted octanol–water partition coefficient (Wildman–Crippen LogP) is 6.27. The van der Waals surface area contributed by atoms with Gasteiger partial charge >= 0.3 is 5.97 Å². The number of nitrogens with zero attached hydrogens (tertiary/aromatic N) is 2. The van der Waals surface area contributed by atoms with E-state index in [0.29, 0.717) is 33.8 Å². The molecule has 182 valence electrons. The number of rotatable bonds is 7. The molecule has 0 radical (unpaired) electrons. The second kappa shape index (κ2) is 10.0. The number of carboxylic acid groups (broad SMARTS) is 1. The molecule has 4 aromatic rings. The number of anilines is 1. The summed E-state index contributed by atoms with van der Waals surface area (Å²) in [5.41, 5.74) is 2.29. The zero-order valence-electron chi connectivity index (χ0n) is 19.2. The number of hydrogen-bond donors (Lipinski definition) is 2. The van der Waals surface area contributed by atoms with Crippen LogP contribution in [0.3, 0.4) is 0 Å². The molecule has 1 aliphatic rings. The Morgan fingerprint density at radius 3 is 2.67 bits per heavy atom. The number of pyridine rings is 1. The van der Waals surface area contributed by atoms with Gasteiger partial charge in [-0.15, -0.1) is 0 Å². The monoisotopic (exact) mass is 519 g/mol. The highest BCUT2D eigenvalue weighted by atomic mass is 35.5. The van der Waals surface area contributed by atoms with Gasteiger partial charge in [-0.05, 0) is 85.9 Å². The van der Waals surface area contributed by atoms with E-state index in [4.69, 9.17) is 33.0 Å². The lowest BCUT2D eigenvalue weighted by Crippen LogP contribution is -2.29. The van der Waals surface area contributed by atoms with Crippen LogP contribution in [0.1, 0.15) is 40.8 Å². The van der Waals surface area contributed by atoms with Crippen LogP contribution in [0.15, 0.2) is 83.4 Å². The summed E-state index contributed by atoms with van der Waals surface area (Å²) in [4.78, 5) is 18.0. The first-order valence-corrected chi connectivity index (χ1v) is 12.1. The lowest BCUT2D eigenvalue weighted by Gasteiger charge is -2.26. The normalized spacial score (nSPS) is 17.2. The van der Waals surface area contributed by atoms with Gasteiger partial charge in [0.05, 0.1) is 28.9 Å². The number of furan rings is 1. The number of benzene rings is 2. The Hall–Kier alpha value is -3.88. The number of nitrogens with one attached hydrogen (secondary N) is 1. The number of aromatic nitrogens is 1. The zero-order chi connectivity index (χ0) is 25.2. The number of ether oxygens (including phenoxy) is 1. The average Bonchev–Trinajstić information content (AvgIpc) is 3.50. The Kier molecular flexibility index (Phi) is 6.63. The fourth-order valence-electron chi connectivity index (χ4n) is 4.30.